The van der Waals surface area contributed by atoms with E-state index in [9.17, 15) is 0 Å². The summed E-state index contributed by atoms with van der Waals surface area (Å²) in [6.07, 6.45) is 0. The molecule has 100 valence electrons. The monoisotopic (exact) mass is 356 g/mol. The minimum Gasteiger partial charge on any atom is -0.0843 e. The van der Waals surface area contributed by atoms with Crippen LogP contribution in [-0.4, -0.2) is 0 Å². The number of hydrogen-bond acceptors (Lipinski definition) is 0. The number of benzene rings is 2. The van der Waals surface area contributed by atoms with E-state index in [1.54, 1.807) is 6.07 Å². The Morgan fingerprint density at radius 2 is 1.47 bits per heavy atom. The fraction of sp³-hybridized carbons (Fsp3) is 0.250. The molecule has 2 aromatic carbocycles. The molecular formula is C16H15BrCl2. The van der Waals surface area contributed by atoms with Gasteiger partial charge in [0.15, 0.2) is 0 Å². The molecule has 0 radical (unpaired) electrons. The van der Waals surface area contributed by atoms with E-state index in [1.807, 2.05) is 12.1 Å². The van der Waals surface area contributed by atoms with Crippen LogP contribution in [0.15, 0.2) is 42.5 Å². The first-order valence-corrected chi connectivity index (χ1v) is 7.85. The van der Waals surface area contributed by atoms with Gasteiger partial charge in [0.1, 0.15) is 0 Å². The van der Waals surface area contributed by atoms with Gasteiger partial charge in [-0.25, -0.2) is 0 Å². The van der Waals surface area contributed by atoms with Gasteiger partial charge in [-0.3, -0.25) is 0 Å². The van der Waals surface area contributed by atoms with Gasteiger partial charge in [0.2, 0.25) is 0 Å². The maximum Gasteiger partial charge on any atom is 0.0659 e. The van der Waals surface area contributed by atoms with Gasteiger partial charge in [0.05, 0.1) is 4.83 Å². The van der Waals surface area contributed by atoms with E-state index in [2.05, 4.69) is 54.0 Å². The largest absolute Gasteiger partial charge is 0.0843 e. The molecule has 0 saturated heterocycles. The summed E-state index contributed by atoms with van der Waals surface area (Å²) in [5, 5.41) is 1.42. The van der Waals surface area contributed by atoms with Crippen molar-refractivity contribution >= 4 is 39.1 Å². The highest BCUT2D eigenvalue weighted by molar-refractivity contribution is 9.09. The van der Waals surface area contributed by atoms with Crippen LogP contribution in [0.2, 0.25) is 10.0 Å². The maximum atomic E-state index is 6.23. The van der Waals surface area contributed by atoms with Gasteiger partial charge in [-0.15, -0.1) is 0 Å². The van der Waals surface area contributed by atoms with Crippen molar-refractivity contribution in [1.29, 1.82) is 0 Å². The van der Waals surface area contributed by atoms with Crippen molar-refractivity contribution in [1.82, 2.24) is 0 Å². The summed E-state index contributed by atoms with van der Waals surface area (Å²) in [5.41, 5.74) is 3.50. The maximum absolute atomic E-state index is 6.23. The fourth-order valence-electron chi connectivity index (χ4n) is 1.94. The SMILES string of the molecule is CC(C)c1ccc(C(Br)c2cc(Cl)ccc2Cl)cc1. The van der Waals surface area contributed by atoms with Crippen LogP contribution in [0.4, 0.5) is 0 Å². The van der Waals surface area contributed by atoms with Crippen LogP contribution in [0.25, 0.3) is 0 Å². The van der Waals surface area contributed by atoms with Gasteiger partial charge >= 0.3 is 0 Å². The van der Waals surface area contributed by atoms with Crippen LogP contribution in [0, 0.1) is 0 Å². The Hall–Kier alpha value is -0.500. The molecule has 0 fully saturated rings. The first-order chi connectivity index (χ1) is 8.99. The molecule has 0 N–H and O–H groups in total. The highest BCUT2D eigenvalue weighted by Gasteiger charge is 2.14. The lowest BCUT2D eigenvalue weighted by Crippen LogP contribution is -1.95. The second-order valence-electron chi connectivity index (χ2n) is 4.85. The normalized spacial score (nSPS) is 12.7. The van der Waals surface area contributed by atoms with Crippen molar-refractivity contribution in [2.24, 2.45) is 0 Å². The predicted octanol–water partition coefficient (Wildman–Crippen LogP) is 6.60. The molecule has 3 heteroatoms. The lowest BCUT2D eigenvalue weighted by atomic mass is 9.99. The first kappa shape index (κ1) is 14.9. The van der Waals surface area contributed by atoms with E-state index < -0.39 is 0 Å². The third-order valence-corrected chi connectivity index (χ3v) is 4.73. The molecule has 0 bridgehead atoms. The zero-order valence-corrected chi connectivity index (χ0v) is 13.9. The average Bonchev–Trinajstić information content (AvgIpc) is 2.41. The summed E-state index contributed by atoms with van der Waals surface area (Å²) in [6.45, 7) is 4.38. The van der Waals surface area contributed by atoms with Gasteiger partial charge in [-0.2, -0.15) is 0 Å². The fourth-order valence-corrected chi connectivity index (χ4v) is 3.16. The quantitative estimate of drug-likeness (QED) is 0.542. The molecule has 0 aromatic heterocycles. The second-order valence-corrected chi connectivity index (χ2v) is 6.61. The summed E-state index contributed by atoms with van der Waals surface area (Å²) in [7, 11) is 0. The van der Waals surface area contributed by atoms with Crippen molar-refractivity contribution < 1.29 is 0 Å². The minimum absolute atomic E-state index is 0.0555. The van der Waals surface area contributed by atoms with Crippen molar-refractivity contribution in [3.05, 3.63) is 69.2 Å². The third-order valence-electron chi connectivity index (χ3n) is 3.13. The van der Waals surface area contributed by atoms with Crippen LogP contribution in [0.3, 0.4) is 0 Å². The number of halogens is 3. The Morgan fingerprint density at radius 3 is 2.05 bits per heavy atom. The third kappa shape index (κ3) is 3.53. The molecule has 0 aliphatic carbocycles. The van der Waals surface area contributed by atoms with Crippen molar-refractivity contribution in [3.63, 3.8) is 0 Å². The van der Waals surface area contributed by atoms with Gasteiger partial charge in [-0.05, 0) is 40.8 Å². The van der Waals surface area contributed by atoms with E-state index in [-0.39, 0.29) is 4.83 Å². The average molecular weight is 358 g/mol. The van der Waals surface area contributed by atoms with Crippen molar-refractivity contribution in [2.45, 2.75) is 24.6 Å². The van der Waals surface area contributed by atoms with Crippen LogP contribution in [0.5, 0.6) is 0 Å². The van der Waals surface area contributed by atoms with E-state index in [4.69, 9.17) is 23.2 Å². The highest BCUT2D eigenvalue weighted by Crippen LogP contribution is 2.36. The number of rotatable bonds is 3. The Labute approximate surface area is 132 Å². The lowest BCUT2D eigenvalue weighted by molar-refractivity contribution is 0.865. The molecule has 2 rings (SSSR count). The molecule has 19 heavy (non-hydrogen) atoms. The Bertz CT molecular complexity index is 561. The molecule has 2 aromatic rings. The molecular weight excluding hydrogens is 343 g/mol. The number of alkyl halides is 1. The van der Waals surface area contributed by atoms with Crippen LogP contribution in [-0.2, 0) is 0 Å². The summed E-state index contributed by atoms with van der Waals surface area (Å²) < 4.78 is 0. The number of hydrogen-bond donors (Lipinski definition) is 0. The molecule has 0 saturated carbocycles. The molecule has 0 heterocycles. The lowest BCUT2D eigenvalue weighted by Gasteiger charge is -2.14. The molecule has 0 aliphatic rings. The molecule has 0 amide bonds. The van der Waals surface area contributed by atoms with Gasteiger partial charge in [0, 0.05) is 10.0 Å². The molecule has 0 aliphatic heterocycles. The van der Waals surface area contributed by atoms with Crippen LogP contribution >= 0.6 is 39.1 Å². The van der Waals surface area contributed by atoms with Crippen LogP contribution < -0.4 is 0 Å². The minimum atomic E-state index is 0.0555. The molecule has 1 atom stereocenters. The Morgan fingerprint density at radius 1 is 0.895 bits per heavy atom. The molecule has 0 nitrogen and oxygen atoms in total. The summed E-state index contributed by atoms with van der Waals surface area (Å²) in [4.78, 5) is 0.0555. The topological polar surface area (TPSA) is 0 Å². The predicted molar refractivity (Wildman–Crippen MR) is 87.8 cm³/mol. The standard InChI is InChI=1S/C16H15BrCl2/c1-10(2)11-3-5-12(6-4-11)16(17)14-9-13(18)7-8-15(14)19/h3-10,16H,1-2H3. The van der Waals surface area contributed by atoms with Crippen molar-refractivity contribution in [2.75, 3.05) is 0 Å². The van der Waals surface area contributed by atoms with E-state index in [1.165, 1.54) is 11.1 Å². The van der Waals surface area contributed by atoms with E-state index in [0.29, 0.717) is 10.9 Å². The van der Waals surface area contributed by atoms with Crippen molar-refractivity contribution in [3.8, 4) is 0 Å². The summed E-state index contributed by atoms with van der Waals surface area (Å²) >= 11 is 16.0. The van der Waals surface area contributed by atoms with Gasteiger partial charge < -0.3 is 0 Å². The second kappa shape index (κ2) is 6.30. The van der Waals surface area contributed by atoms with Gasteiger partial charge in [0.25, 0.3) is 0 Å². The smallest absolute Gasteiger partial charge is 0.0659 e. The van der Waals surface area contributed by atoms with E-state index >= 15 is 0 Å². The molecule has 1 unspecified atom stereocenters. The molecule has 0 spiro atoms. The first-order valence-electron chi connectivity index (χ1n) is 6.18. The summed E-state index contributed by atoms with van der Waals surface area (Å²) in [6, 6.07) is 14.1. The summed E-state index contributed by atoms with van der Waals surface area (Å²) in [5.74, 6) is 0.539. The van der Waals surface area contributed by atoms with E-state index in [0.717, 1.165) is 10.6 Å². The Balaban J connectivity index is 2.33. The highest BCUT2D eigenvalue weighted by atomic mass is 79.9. The van der Waals surface area contributed by atoms with Gasteiger partial charge in [-0.1, -0.05) is 77.2 Å². The van der Waals surface area contributed by atoms with Crippen LogP contribution in [0.1, 0.15) is 41.3 Å². The Kier molecular flexibility index (Phi) is 4.94. The zero-order chi connectivity index (χ0) is 14.0. The zero-order valence-electron chi connectivity index (χ0n) is 10.8.